The average molecular weight is 374 g/mol. The first-order chi connectivity index (χ1) is 13.6. The number of nitrogens with zero attached hydrogens (tertiary/aromatic N) is 1. The zero-order valence-corrected chi connectivity index (χ0v) is 14.6. The highest BCUT2D eigenvalue weighted by atomic mass is 19.1. The van der Waals surface area contributed by atoms with Gasteiger partial charge in [0.1, 0.15) is 5.82 Å². The first-order valence-corrected chi connectivity index (χ1v) is 8.39. The summed E-state index contributed by atoms with van der Waals surface area (Å²) in [6.07, 6.45) is -1.20. The Bertz CT molecular complexity index is 1010. The molecule has 0 heterocycles. The number of benzene rings is 3. The van der Waals surface area contributed by atoms with Gasteiger partial charge in [-0.05, 0) is 48.5 Å². The molecule has 0 radical (unpaired) electrons. The number of rotatable bonds is 5. The van der Waals surface area contributed by atoms with Gasteiger partial charge in [0.05, 0.1) is 17.2 Å². The highest BCUT2D eigenvalue weighted by Crippen LogP contribution is 2.22. The van der Waals surface area contributed by atoms with Crippen LogP contribution in [0.4, 0.5) is 10.1 Å². The number of nitrogens with one attached hydrogen (secondary N) is 1. The highest BCUT2D eigenvalue weighted by Gasteiger charge is 2.25. The van der Waals surface area contributed by atoms with Crippen LogP contribution in [0.15, 0.2) is 78.9 Å². The summed E-state index contributed by atoms with van der Waals surface area (Å²) < 4.78 is 18.5. The number of carbonyl (C=O) groups is 2. The van der Waals surface area contributed by atoms with Crippen LogP contribution in [-0.2, 0) is 9.53 Å². The molecule has 138 valence electrons. The lowest BCUT2D eigenvalue weighted by molar-refractivity contribution is -0.125. The fourth-order valence-corrected chi connectivity index (χ4v) is 2.50. The van der Waals surface area contributed by atoms with Crippen LogP contribution in [0.5, 0.6) is 0 Å². The van der Waals surface area contributed by atoms with Crippen LogP contribution >= 0.6 is 0 Å². The molecule has 0 saturated carbocycles. The normalized spacial score (nSPS) is 11.1. The molecule has 28 heavy (non-hydrogen) atoms. The van der Waals surface area contributed by atoms with Crippen LogP contribution in [0.2, 0.25) is 0 Å². The molecule has 5 nitrogen and oxygen atoms in total. The number of ether oxygens (including phenoxy) is 1. The van der Waals surface area contributed by atoms with Crippen molar-refractivity contribution in [2.75, 3.05) is 5.32 Å². The average Bonchev–Trinajstić information content (AvgIpc) is 2.74. The van der Waals surface area contributed by atoms with Gasteiger partial charge >= 0.3 is 5.97 Å². The van der Waals surface area contributed by atoms with Crippen molar-refractivity contribution in [1.29, 1.82) is 5.26 Å². The van der Waals surface area contributed by atoms with Crippen LogP contribution in [0.25, 0.3) is 0 Å². The monoisotopic (exact) mass is 374 g/mol. The summed E-state index contributed by atoms with van der Waals surface area (Å²) in [6.45, 7) is 0. The maximum atomic E-state index is 13.1. The molecule has 1 amide bonds. The lowest BCUT2D eigenvalue weighted by Crippen LogP contribution is -2.26. The molecule has 6 heteroatoms. The lowest BCUT2D eigenvalue weighted by Gasteiger charge is -2.18. The molecule has 0 aliphatic heterocycles. The van der Waals surface area contributed by atoms with E-state index in [0.717, 1.165) is 0 Å². The molecular weight excluding hydrogens is 359 g/mol. The van der Waals surface area contributed by atoms with Crippen molar-refractivity contribution in [2.24, 2.45) is 0 Å². The fraction of sp³-hybridized carbons (Fsp3) is 0.0455. The van der Waals surface area contributed by atoms with E-state index in [4.69, 9.17) is 10.00 Å². The van der Waals surface area contributed by atoms with Gasteiger partial charge in [0.2, 0.25) is 6.10 Å². The second-order valence-corrected chi connectivity index (χ2v) is 5.88. The summed E-state index contributed by atoms with van der Waals surface area (Å²) in [5.41, 5.74) is 1.49. The third-order valence-corrected chi connectivity index (χ3v) is 3.93. The number of hydrogen-bond acceptors (Lipinski definition) is 4. The van der Waals surface area contributed by atoms with E-state index in [-0.39, 0.29) is 5.56 Å². The number of hydrogen-bond donors (Lipinski definition) is 1. The molecule has 1 N–H and O–H groups in total. The quantitative estimate of drug-likeness (QED) is 0.678. The third kappa shape index (κ3) is 4.59. The number of esters is 1. The Morgan fingerprint density at radius 2 is 1.57 bits per heavy atom. The number of anilines is 1. The number of carbonyl (C=O) groups excluding carboxylic acids is 2. The fourth-order valence-electron chi connectivity index (χ4n) is 2.50. The standard InChI is InChI=1S/C22H15FN2O3/c23-18-10-12-19(13-11-18)25-21(26)20(16-4-2-1-3-5-16)28-22(27)17-8-6-15(14-24)7-9-17/h1-13,20H,(H,25,26)/t20-/m0/s1. The van der Waals surface area contributed by atoms with Crippen LogP contribution < -0.4 is 5.32 Å². The molecule has 0 fully saturated rings. The predicted octanol–water partition coefficient (Wildman–Crippen LogP) is 4.23. The summed E-state index contributed by atoms with van der Waals surface area (Å²) in [5, 5.41) is 11.5. The molecule has 3 aromatic carbocycles. The Morgan fingerprint density at radius 3 is 2.18 bits per heavy atom. The summed E-state index contributed by atoms with van der Waals surface area (Å²) >= 11 is 0. The molecule has 1 atom stereocenters. The van der Waals surface area contributed by atoms with E-state index in [1.54, 1.807) is 30.3 Å². The summed E-state index contributed by atoms with van der Waals surface area (Å²) in [4.78, 5) is 25.2. The maximum Gasteiger partial charge on any atom is 0.339 e. The minimum atomic E-state index is -1.20. The second kappa shape index (κ2) is 8.60. The zero-order valence-electron chi connectivity index (χ0n) is 14.6. The summed E-state index contributed by atoms with van der Waals surface area (Å²) in [7, 11) is 0. The van der Waals surface area contributed by atoms with Gasteiger partial charge in [0, 0.05) is 11.3 Å². The molecule has 0 aliphatic rings. The first-order valence-electron chi connectivity index (χ1n) is 8.39. The SMILES string of the molecule is N#Cc1ccc(C(=O)O[C@H](C(=O)Nc2ccc(F)cc2)c2ccccc2)cc1. The van der Waals surface area contributed by atoms with Gasteiger partial charge in [0.25, 0.3) is 5.91 Å². The number of amides is 1. The summed E-state index contributed by atoms with van der Waals surface area (Å²) in [5.74, 6) is -1.70. The van der Waals surface area contributed by atoms with Crippen molar-refractivity contribution >= 4 is 17.6 Å². The second-order valence-electron chi connectivity index (χ2n) is 5.88. The Hall–Kier alpha value is -3.98. The maximum absolute atomic E-state index is 13.1. The van der Waals surface area contributed by atoms with Crippen molar-refractivity contribution in [3.63, 3.8) is 0 Å². The largest absolute Gasteiger partial charge is 0.444 e. The topological polar surface area (TPSA) is 79.2 Å². The van der Waals surface area contributed by atoms with Crippen molar-refractivity contribution in [2.45, 2.75) is 6.10 Å². The van der Waals surface area contributed by atoms with Gasteiger partial charge < -0.3 is 10.1 Å². The molecule has 3 rings (SSSR count). The van der Waals surface area contributed by atoms with Crippen LogP contribution in [0, 0.1) is 17.1 Å². The molecule has 0 unspecified atom stereocenters. The van der Waals surface area contributed by atoms with Gasteiger partial charge in [-0.15, -0.1) is 0 Å². The zero-order chi connectivity index (χ0) is 19.9. The minimum absolute atomic E-state index is 0.217. The molecule has 0 aromatic heterocycles. The molecule has 0 saturated heterocycles. The highest BCUT2D eigenvalue weighted by molar-refractivity contribution is 5.98. The number of nitriles is 1. The molecule has 0 bridgehead atoms. The van der Waals surface area contributed by atoms with E-state index in [9.17, 15) is 14.0 Å². The van der Waals surface area contributed by atoms with Crippen LogP contribution in [0.1, 0.15) is 27.6 Å². The van der Waals surface area contributed by atoms with Crippen molar-refractivity contribution < 1.29 is 18.7 Å². The summed E-state index contributed by atoms with van der Waals surface area (Å²) in [6, 6.07) is 21.7. The van der Waals surface area contributed by atoms with Gasteiger partial charge in [-0.2, -0.15) is 5.26 Å². The molecular formula is C22H15FN2O3. The minimum Gasteiger partial charge on any atom is -0.444 e. The molecule has 0 spiro atoms. The van der Waals surface area contributed by atoms with Crippen LogP contribution in [-0.4, -0.2) is 11.9 Å². The van der Waals surface area contributed by atoms with Crippen molar-refractivity contribution in [1.82, 2.24) is 0 Å². The van der Waals surface area contributed by atoms with E-state index in [0.29, 0.717) is 16.8 Å². The number of halogens is 1. The Morgan fingerprint density at radius 1 is 0.929 bits per heavy atom. The Labute approximate surface area is 161 Å². The van der Waals surface area contributed by atoms with E-state index < -0.39 is 23.8 Å². The third-order valence-electron chi connectivity index (χ3n) is 3.93. The van der Waals surface area contributed by atoms with Crippen LogP contribution in [0.3, 0.4) is 0 Å². The Balaban J connectivity index is 1.82. The lowest BCUT2D eigenvalue weighted by atomic mass is 10.1. The predicted molar refractivity (Wildman–Crippen MR) is 101 cm³/mol. The van der Waals surface area contributed by atoms with E-state index >= 15 is 0 Å². The first kappa shape index (κ1) is 18.8. The van der Waals surface area contributed by atoms with Crippen molar-refractivity contribution in [3.8, 4) is 6.07 Å². The Kier molecular flexibility index (Phi) is 5.78. The molecule has 3 aromatic rings. The van der Waals surface area contributed by atoms with Gasteiger partial charge in [-0.1, -0.05) is 30.3 Å². The van der Waals surface area contributed by atoms with Gasteiger partial charge in [-0.3, -0.25) is 4.79 Å². The smallest absolute Gasteiger partial charge is 0.339 e. The van der Waals surface area contributed by atoms with Crippen molar-refractivity contribution in [3.05, 3.63) is 101 Å². The van der Waals surface area contributed by atoms with E-state index in [2.05, 4.69) is 5.32 Å². The van der Waals surface area contributed by atoms with E-state index in [1.165, 1.54) is 48.5 Å². The van der Waals surface area contributed by atoms with E-state index in [1.807, 2.05) is 6.07 Å². The molecule has 0 aliphatic carbocycles. The van der Waals surface area contributed by atoms with Gasteiger partial charge in [-0.25, -0.2) is 9.18 Å². The van der Waals surface area contributed by atoms with Gasteiger partial charge in [0.15, 0.2) is 0 Å².